The molecule has 0 fully saturated rings. The summed E-state index contributed by atoms with van der Waals surface area (Å²) in [6, 6.07) is 0. The van der Waals surface area contributed by atoms with Crippen LogP contribution in [0.15, 0.2) is 84.5 Å². The van der Waals surface area contributed by atoms with Gasteiger partial charge in [0.1, 0.15) is 23.2 Å². The summed E-state index contributed by atoms with van der Waals surface area (Å²) < 4.78 is 102. The van der Waals surface area contributed by atoms with E-state index in [4.69, 9.17) is 0 Å². The van der Waals surface area contributed by atoms with E-state index in [9.17, 15) is 30.7 Å². The number of hydrogen-bond donors (Lipinski definition) is 0. The second-order valence-electron chi connectivity index (χ2n) is 8.77. The van der Waals surface area contributed by atoms with E-state index in [1.165, 1.54) is 13.8 Å². The predicted octanol–water partition coefficient (Wildman–Crippen LogP) is 10.3. The number of allylic oxidation sites excluding steroid dienone is 9. The monoisotopic (exact) mass is 508 g/mol. The van der Waals surface area contributed by atoms with Gasteiger partial charge in [0, 0.05) is 23.5 Å². The van der Waals surface area contributed by atoms with E-state index >= 15 is 0 Å². The molecule has 0 saturated heterocycles. The van der Waals surface area contributed by atoms with E-state index in [0.29, 0.717) is 18.6 Å². The molecule has 0 bridgehead atoms. The molecule has 4 unspecified atom stereocenters. The molecular weight excluding hydrogens is 473 g/mol. The topological polar surface area (TPSA) is 9.23 Å². The molecule has 0 aliphatic carbocycles. The lowest BCUT2D eigenvalue weighted by Gasteiger charge is -2.26. The molecule has 0 spiro atoms. The van der Waals surface area contributed by atoms with E-state index in [2.05, 4.69) is 31.1 Å². The Hall–Kier alpha value is -2.51. The van der Waals surface area contributed by atoms with Crippen LogP contribution in [0.25, 0.3) is 0 Å². The van der Waals surface area contributed by atoms with Crippen molar-refractivity contribution >= 4 is 0 Å². The Labute approximate surface area is 204 Å². The Morgan fingerprint density at radius 2 is 1.37 bits per heavy atom. The van der Waals surface area contributed by atoms with Crippen molar-refractivity contribution in [3.63, 3.8) is 0 Å². The van der Waals surface area contributed by atoms with Crippen molar-refractivity contribution in [3.05, 3.63) is 84.5 Å². The van der Waals surface area contributed by atoms with Gasteiger partial charge >= 0.3 is 6.11 Å². The van der Waals surface area contributed by atoms with Gasteiger partial charge in [0.05, 0.1) is 5.92 Å². The highest BCUT2D eigenvalue weighted by atomic mass is 19.3. The van der Waals surface area contributed by atoms with Crippen LogP contribution in [0.5, 0.6) is 0 Å². The van der Waals surface area contributed by atoms with E-state index in [0.717, 1.165) is 0 Å². The summed E-state index contributed by atoms with van der Waals surface area (Å²) in [5.74, 6) is -9.54. The van der Waals surface area contributed by atoms with Gasteiger partial charge < -0.3 is 4.74 Å². The smallest absolute Gasteiger partial charge is 0.400 e. The average Bonchev–Trinajstić information content (AvgIpc) is 2.78. The van der Waals surface area contributed by atoms with Gasteiger partial charge in [-0.05, 0) is 36.8 Å². The predicted molar refractivity (Wildman–Crippen MR) is 128 cm³/mol. The van der Waals surface area contributed by atoms with Crippen LogP contribution in [0.1, 0.15) is 53.9 Å². The molecular formula is C27H35F7O. The normalized spacial score (nSPS) is 17.1. The molecule has 0 aromatic rings. The van der Waals surface area contributed by atoms with Crippen molar-refractivity contribution in [2.75, 3.05) is 0 Å². The Kier molecular flexibility index (Phi) is 13.1. The van der Waals surface area contributed by atoms with Gasteiger partial charge in [-0.1, -0.05) is 60.9 Å². The SMILES string of the molecule is C=C(/C=C(/F)C(=C)C(=C)/C=C(/F)C(=C)F)OC(F)(F)C(C)CCC(C)C(C)/C(F)=C(/F)C(C)CC. The minimum absolute atomic E-state index is 0.0864. The number of alkyl halides is 2. The summed E-state index contributed by atoms with van der Waals surface area (Å²) in [5, 5.41) is 0. The molecule has 0 heterocycles. The van der Waals surface area contributed by atoms with Crippen molar-refractivity contribution in [2.45, 2.75) is 60.0 Å². The van der Waals surface area contributed by atoms with E-state index in [-0.39, 0.29) is 18.4 Å². The maximum atomic E-state index is 14.5. The van der Waals surface area contributed by atoms with Crippen LogP contribution < -0.4 is 0 Å². The zero-order valence-corrected chi connectivity index (χ0v) is 21.0. The van der Waals surface area contributed by atoms with Crippen molar-refractivity contribution in [1.82, 2.24) is 0 Å². The molecule has 1 nitrogen and oxygen atoms in total. The van der Waals surface area contributed by atoms with Crippen molar-refractivity contribution in [1.29, 1.82) is 0 Å². The van der Waals surface area contributed by atoms with Crippen LogP contribution in [0.4, 0.5) is 30.7 Å². The molecule has 0 N–H and O–H groups in total. The molecule has 0 aliphatic rings. The summed E-state index contributed by atoms with van der Waals surface area (Å²) in [6.45, 7) is 20.3. The van der Waals surface area contributed by atoms with Crippen molar-refractivity contribution < 1.29 is 35.5 Å². The van der Waals surface area contributed by atoms with Crippen LogP contribution >= 0.6 is 0 Å². The van der Waals surface area contributed by atoms with Gasteiger partial charge in [0.25, 0.3) is 0 Å². The lowest BCUT2D eigenvalue weighted by Crippen LogP contribution is -2.29. The molecule has 0 saturated carbocycles. The molecule has 0 radical (unpaired) electrons. The van der Waals surface area contributed by atoms with Crippen LogP contribution in [0.3, 0.4) is 0 Å². The third-order valence-corrected chi connectivity index (χ3v) is 5.95. The first kappa shape index (κ1) is 32.5. The standard InChI is InChI=1S/C27H35F7O/c1-10-15(2)25(31)26(32)21(8)16(3)11-12-18(5)27(33,34)35-19(6)14-23(29)20(7)17(4)13-24(30)22(9)28/h13-16,18,21H,4,6-7,9-12H2,1-3,5,8H3/b23-14+,24-13+,26-25-. The Morgan fingerprint density at radius 3 is 1.86 bits per heavy atom. The second kappa shape index (κ2) is 14.1. The van der Waals surface area contributed by atoms with Crippen LogP contribution in [0.2, 0.25) is 0 Å². The van der Waals surface area contributed by atoms with Gasteiger partial charge in [-0.2, -0.15) is 8.78 Å². The quantitative estimate of drug-likeness (QED) is 0.121. The van der Waals surface area contributed by atoms with E-state index < -0.39 is 70.2 Å². The molecule has 35 heavy (non-hydrogen) atoms. The highest BCUT2D eigenvalue weighted by Gasteiger charge is 2.39. The lowest BCUT2D eigenvalue weighted by atomic mass is 9.86. The van der Waals surface area contributed by atoms with Crippen molar-refractivity contribution in [2.24, 2.45) is 23.7 Å². The minimum atomic E-state index is -3.75. The van der Waals surface area contributed by atoms with E-state index in [1.54, 1.807) is 20.8 Å². The largest absolute Gasteiger partial charge is 0.433 e. The Balaban J connectivity index is 5.14. The first-order valence-electron chi connectivity index (χ1n) is 11.2. The number of rotatable bonds is 15. The zero-order chi connectivity index (χ0) is 27.7. The van der Waals surface area contributed by atoms with Crippen LogP contribution in [-0.4, -0.2) is 6.11 Å². The lowest BCUT2D eigenvalue weighted by molar-refractivity contribution is -0.245. The molecule has 0 rings (SSSR count). The Morgan fingerprint density at radius 1 is 0.829 bits per heavy atom. The first-order valence-corrected chi connectivity index (χ1v) is 11.2. The third kappa shape index (κ3) is 10.3. The summed E-state index contributed by atoms with van der Waals surface area (Å²) in [5.41, 5.74) is -0.845. The van der Waals surface area contributed by atoms with Gasteiger partial charge in [-0.15, -0.1) is 0 Å². The molecule has 198 valence electrons. The summed E-state index contributed by atoms with van der Waals surface area (Å²) >= 11 is 0. The van der Waals surface area contributed by atoms with Gasteiger partial charge in [0.2, 0.25) is 0 Å². The summed E-state index contributed by atoms with van der Waals surface area (Å²) in [6.07, 6.45) is -2.17. The molecule has 8 heteroatoms. The average molecular weight is 509 g/mol. The first-order chi connectivity index (χ1) is 16.0. The highest BCUT2D eigenvalue weighted by Crippen LogP contribution is 2.36. The van der Waals surface area contributed by atoms with Gasteiger partial charge in [0.15, 0.2) is 11.7 Å². The molecule has 0 aromatic carbocycles. The van der Waals surface area contributed by atoms with Gasteiger partial charge in [-0.3, -0.25) is 0 Å². The maximum Gasteiger partial charge on any atom is 0.400 e. The van der Waals surface area contributed by atoms with Crippen LogP contribution in [-0.2, 0) is 4.74 Å². The van der Waals surface area contributed by atoms with Crippen molar-refractivity contribution in [3.8, 4) is 0 Å². The molecule has 0 amide bonds. The number of halogens is 7. The van der Waals surface area contributed by atoms with E-state index in [1.807, 2.05) is 0 Å². The third-order valence-electron chi connectivity index (χ3n) is 5.95. The highest BCUT2D eigenvalue weighted by molar-refractivity contribution is 5.48. The fourth-order valence-corrected chi connectivity index (χ4v) is 2.82. The zero-order valence-electron chi connectivity index (χ0n) is 21.0. The fraction of sp³-hybridized carbons (Fsp3) is 0.481. The molecule has 4 atom stereocenters. The van der Waals surface area contributed by atoms with Crippen LogP contribution in [0, 0.1) is 23.7 Å². The summed E-state index contributed by atoms with van der Waals surface area (Å²) in [7, 11) is 0. The molecule has 0 aromatic heterocycles. The van der Waals surface area contributed by atoms with Gasteiger partial charge in [-0.25, -0.2) is 22.0 Å². The summed E-state index contributed by atoms with van der Waals surface area (Å²) in [4.78, 5) is 0. The second-order valence-corrected chi connectivity index (χ2v) is 8.77. The fourth-order valence-electron chi connectivity index (χ4n) is 2.82. The maximum absolute atomic E-state index is 14.5. The number of hydrogen-bond acceptors (Lipinski definition) is 1. The molecule has 0 aliphatic heterocycles. The minimum Gasteiger partial charge on any atom is -0.433 e. The Bertz CT molecular complexity index is 895. The number of ether oxygens (including phenoxy) is 1.